The van der Waals surface area contributed by atoms with Crippen molar-refractivity contribution in [3.8, 4) is 5.75 Å². The highest BCUT2D eigenvalue weighted by Gasteiger charge is 2.39. The molecule has 1 atom stereocenters. The van der Waals surface area contributed by atoms with Gasteiger partial charge in [-0.1, -0.05) is 29.8 Å². The van der Waals surface area contributed by atoms with Crippen LogP contribution in [0, 0.1) is 6.92 Å². The van der Waals surface area contributed by atoms with Crippen LogP contribution in [0.15, 0.2) is 50.9 Å². The van der Waals surface area contributed by atoms with Gasteiger partial charge in [-0.15, -0.1) is 0 Å². The minimum atomic E-state index is -0.540. The Labute approximate surface area is 143 Å². The Morgan fingerprint density at radius 1 is 1.17 bits per heavy atom. The van der Waals surface area contributed by atoms with Gasteiger partial charge in [0.05, 0.1) is 11.5 Å². The van der Waals surface area contributed by atoms with E-state index in [1.165, 1.54) is 0 Å². The maximum atomic E-state index is 12.6. The summed E-state index contributed by atoms with van der Waals surface area (Å²) in [5.74, 6) is 1.05. The predicted octanol–water partition coefficient (Wildman–Crippen LogP) is 4.13. The van der Waals surface area contributed by atoms with Crippen molar-refractivity contribution in [2.24, 2.45) is 0 Å². The van der Waals surface area contributed by atoms with Crippen LogP contribution in [0.5, 0.6) is 5.75 Å². The molecule has 0 fully saturated rings. The first-order valence-corrected chi connectivity index (χ1v) is 8.27. The number of carbonyl (C=O) groups is 1. The van der Waals surface area contributed by atoms with Gasteiger partial charge in [-0.05, 0) is 25.0 Å². The monoisotopic (exact) mass is 342 g/mol. The lowest BCUT2D eigenvalue weighted by Crippen LogP contribution is -2.29. The molecule has 2 aromatic rings. The van der Waals surface area contributed by atoms with Gasteiger partial charge in [-0.25, -0.2) is 4.79 Å². The zero-order chi connectivity index (χ0) is 16.8. The van der Waals surface area contributed by atoms with Gasteiger partial charge in [0.1, 0.15) is 17.3 Å². The van der Waals surface area contributed by atoms with Gasteiger partial charge >= 0.3 is 5.63 Å². The van der Waals surface area contributed by atoms with Crippen molar-refractivity contribution >= 4 is 17.4 Å². The number of ketones is 1. The lowest BCUT2D eigenvalue weighted by atomic mass is 9.77. The van der Waals surface area contributed by atoms with Crippen molar-refractivity contribution in [1.82, 2.24) is 0 Å². The Bertz CT molecular complexity index is 939. The molecule has 0 bridgehead atoms. The van der Waals surface area contributed by atoms with Gasteiger partial charge < -0.3 is 9.15 Å². The highest BCUT2D eigenvalue weighted by atomic mass is 35.5. The van der Waals surface area contributed by atoms with Gasteiger partial charge in [0.15, 0.2) is 5.78 Å². The number of ether oxygens (including phenoxy) is 1. The van der Waals surface area contributed by atoms with Gasteiger partial charge in [0, 0.05) is 29.5 Å². The Morgan fingerprint density at radius 2 is 1.96 bits per heavy atom. The summed E-state index contributed by atoms with van der Waals surface area (Å²) in [5.41, 5.74) is 1.13. The number of benzene rings is 1. The van der Waals surface area contributed by atoms with Gasteiger partial charge in [-0.2, -0.15) is 0 Å². The van der Waals surface area contributed by atoms with Crippen LogP contribution in [0.3, 0.4) is 0 Å². The molecule has 0 amide bonds. The Balaban J connectivity index is 2.04. The van der Waals surface area contributed by atoms with Crippen molar-refractivity contribution in [2.45, 2.75) is 32.1 Å². The zero-order valence-electron chi connectivity index (χ0n) is 13.1. The van der Waals surface area contributed by atoms with Gasteiger partial charge in [0.25, 0.3) is 0 Å². The Morgan fingerprint density at radius 3 is 2.75 bits per heavy atom. The summed E-state index contributed by atoms with van der Waals surface area (Å²) >= 11 is 6.38. The number of fused-ring (bicyclic) bond motifs is 1. The topological polar surface area (TPSA) is 56.5 Å². The molecule has 4 rings (SSSR count). The Kier molecular flexibility index (Phi) is 3.57. The fourth-order valence-corrected chi connectivity index (χ4v) is 3.74. The van der Waals surface area contributed by atoms with E-state index < -0.39 is 11.5 Å². The molecule has 5 heteroatoms. The standard InChI is InChI=1S/C19H15ClO4/c1-10-9-15-18(19(22)23-10)16(11-5-2-3-6-12(11)20)17-13(21)7-4-8-14(17)24-15/h2-3,5-6,9,16H,4,7-8H2,1H3. The SMILES string of the molecule is Cc1cc2c(c(=O)o1)C(c1ccccc1Cl)C1=C(CCCC1=O)O2. The average molecular weight is 343 g/mol. The molecule has 1 unspecified atom stereocenters. The van der Waals surface area contributed by atoms with E-state index in [0.717, 1.165) is 12.0 Å². The van der Waals surface area contributed by atoms with Crippen LogP contribution in [-0.2, 0) is 4.79 Å². The third-order valence-electron chi connectivity index (χ3n) is 4.51. The van der Waals surface area contributed by atoms with Gasteiger partial charge in [0.2, 0.25) is 0 Å². The molecule has 1 aromatic heterocycles. The molecular weight excluding hydrogens is 328 g/mol. The first-order valence-electron chi connectivity index (χ1n) is 7.89. The van der Waals surface area contributed by atoms with Crippen molar-refractivity contribution in [3.63, 3.8) is 0 Å². The predicted molar refractivity (Wildman–Crippen MR) is 89.5 cm³/mol. The third kappa shape index (κ3) is 2.29. The number of hydrogen-bond acceptors (Lipinski definition) is 4. The van der Waals surface area contributed by atoms with E-state index >= 15 is 0 Å². The summed E-state index contributed by atoms with van der Waals surface area (Å²) in [6.07, 6.45) is 1.89. The summed E-state index contributed by atoms with van der Waals surface area (Å²) in [6.45, 7) is 1.70. The maximum Gasteiger partial charge on any atom is 0.343 e. The lowest BCUT2D eigenvalue weighted by molar-refractivity contribution is -0.116. The average Bonchev–Trinajstić information content (AvgIpc) is 2.53. The number of halogens is 1. The van der Waals surface area contributed by atoms with E-state index in [1.807, 2.05) is 18.2 Å². The van der Waals surface area contributed by atoms with E-state index in [0.29, 0.717) is 46.3 Å². The van der Waals surface area contributed by atoms with Crippen molar-refractivity contribution < 1.29 is 13.9 Å². The second kappa shape index (κ2) is 5.64. The minimum absolute atomic E-state index is 0.00629. The number of hydrogen-bond donors (Lipinski definition) is 0. The molecule has 122 valence electrons. The molecule has 2 heterocycles. The second-order valence-corrected chi connectivity index (χ2v) is 6.50. The molecule has 0 radical (unpaired) electrons. The summed E-state index contributed by atoms with van der Waals surface area (Å²) in [6, 6.07) is 8.97. The van der Waals surface area contributed by atoms with Crippen molar-refractivity contribution in [1.29, 1.82) is 0 Å². The molecule has 0 saturated heterocycles. The molecular formula is C19H15ClO4. The lowest BCUT2D eigenvalue weighted by Gasteiger charge is -2.32. The van der Waals surface area contributed by atoms with Crippen LogP contribution in [0.1, 0.15) is 42.1 Å². The summed E-state index contributed by atoms with van der Waals surface area (Å²) in [4.78, 5) is 25.1. The molecule has 0 saturated carbocycles. The normalized spacial score (nSPS) is 19.6. The fraction of sp³-hybridized carbons (Fsp3) is 0.263. The first-order chi connectivity index (χ1) is 11.6. The van der Waals surface area contributed by atoms with Crippen molar-refractivity contribution in [2.75, 3.05) is 0 Å². The quantitative estimate of drug-likeness (QED) is 0.781. The number of Topliss-reactive ketones (excluding diaryl/α,β-unsaturated/α-hetero) is 1. The van der Waals surface area contributed by atoms with Crippen LogP contribution in [0.2, 0.25) is 5.02 Å². The van der Waals surface area contributed by atoms with Gasteiger partial charge in [-0.3, -0.25) is 4.79 Å². The molecule has 1 aliphatic heterocycles. The summed E-state index contributed by atoms with van der Waals surface area (Å²) < 4.78 is 11.2. The van der Waals surface area contributed by atoms with E-state index in [-0.39, 0.29) is 5.78 Å². The zero-order valence-corrected chi connectivity index (χ0v) is 13.9. The largest absolute Gasteiger partial charge is 0.461 e. The first kappa shape index (κ1) is 15.2. The Hall–Kier alpha value is -2.33. The van der Waals surface area contributed by atoms with Crippen LogP contribution < -0.4 is 10.4 Å². The number of allylic oxidation sites excluding steroid dienone is 2. The smallest absolute Gasteiger partial charge is 0.343 e. The molecule has 24 heavy (non-hydrogen) atoms. The minimum Gasteiger partial charge on any atom is -0.461 e. The number of carbonyl (C=O) groups excluding carboxylic acids is 1. The fourth-order valence-electron chi connectivity index (χ4n) is 3.50. The second-order valence-electron chi connectivity index (χ2n) is 6.09. The highest BCUT2D eigenvalue weighted by Crippen LogP contribution is 2.46. The van der Waals surface area contributed by atoms with E-state index in [1.54, 1.807) is 19.1 Å². The van der Waals surface area contributed by atoms with Crippen LogP contribution in [0.25, 0.3) is 0 Å². The molecule has 2 aliphatic rings. The van der Waals surface area contributed by atoms with Crippen LogP contribution >= 0.6 is 11.6 Å². The van der Waals surface area contributed by atoms with E-state index in [9.17, 15) is 9.59 Å². The van der Waals surface area contributed by atoms with Crippen LogP contribution in [0.4, 0.5) is 0 Å². The maximum absolute atomic E-state index is 12.6. The van der Waals surface area contributed by atoms with E-state index in [2.05, 4.69) is 0 Å². The summed E-state index contributed by atoms with van der Waals surface area (Å²) in [7, 11) is 0. The van der Waals surface area contributed by atoms with Crippen molar-refractivity contribution in [3.05, 3.63) is 74.0 Å². The highest BCUT2D eigenvalue weighted by molar-refractivity contribution is 6.31. The van der Waals surface area contributed by atoms with E-state index in [4.69, 9.17) is 20.8 Å². The molecule has 0 spiro atoms. The molecule has 1 aliphatic carbocycles. The third-order valence-corrected chi connectivity index (χ3v) is 4.85. The summed E-state index contributed by atoms with van der Waals surface area (Å²) in [5, 5.41) is 0.514. The molecule has 1 aromatic carbocycles. The molecule has 4 nitrogen and oxygen atoms in total. The molecule has 0 N–H and O–H groups in total. The number of rotatable bonds is 1. The number of aryl methyl sites for hydroxylation is 1. The van der Waals surface area contributed by atoms with Crippen LogP contribution in [-0.4, -0.2) is 5.78 Å².